The van der Waals surface area contributed by atoms with Crippen molar-refractivity contribution in [3.63, 3.8) is 0 Å². The number of allylic oxidation sites excluding steroid dienone is 2. The lowest BCUT2D eigenvalue weighted by molar-refractivity contribution is -0.146. The van der Waals surface area contributed by atoms with Gasteiger partial charge in [0.05, 0.1) is 11.8 Å². The molecule has 1 heterocycles. The van der Waals surface area contributed by atoms with Gasteiger partial charge in [-0.15, -0.1) is 0 Å². The van der Waals surface area contributed by atoms with Crippen LogP contribution in [-0.4, -0.2) is 29.4 Å². The summed E-state index contributed by atoms with van der Waals surface area (Å²) in [6.07, 6.45) is 5.24. The minimum absolute atomic E-state index is 0.00354. The van der Waals surface area contributed by atoms with E-state index in [1.54, 1.807) is 11.0 Å². The fourth-order valence-electron chi connectivity index (χ4n) is 3.42. The third-order valence-corrected chi connectivity index (χ3v) is 4.71. The zero-order chi connectivity index (χ0) is 17.3. The Morgan fingerprint density at radius 2 is 1.88 bits per heavy atom. The first-order valence-electron chi connectivity index (χ1n) is 8.07. The van der Waals surface area contributed by atoms with Gasteiger partial charge in [0, 0.05) is 24.8 Å². The van der Waals surface area contributed by atoms with Crippen LogP contribution in [0.25, 0.3) is 0 Å². The Kier molecular flexibility index (Phi) is 4.38. The topological polar surface area (TPSA) is 86.7 Å². The summed E-state index contributed by atoms with van der Waals surface area (Å²) in [7, 11) is 0. The van der Waals surface area contributed by atoms with Crippen LogP contribution in [0.1, 0.15) is 25.3 Å². The average molecular weight is 328 g/mol. The highest BCUT2D eigenvalue weighted by molar-refractivity contribution is 5.97. The molecule has 126 valence electrons. The quantitative estimate of drug-likeness (QED) is 0.833. The molecule has 0 saturated carbocycles. The first-order valence-corrected chi connectivity index (χ1v) is 8.07. The molecule has 0 fully saturated rings. The van der Waals surface area contributed by atoms with Gasteiger partial charge in [0.1, 0.15) is 0 Å². The van der Waals surface area contributed by atoms with Crippen molar-refractivity contribution in [1.29, 1.82) is 0 Å². The Bertz CT molecular complexity index is 726. The van der Waals surface area contributed by atoms with Crippen molar-refractivity contribution in [3.8, 4) is 0 Å². The number of carboxylic acids is 1. The van der Waals surface area contributed by atoms with E-state index in [4.69, 9.17) is 0 Å². The van der Waals surface area contributed by atoms with Gasteiger partial charge in [-0.05, 0) is 43.0 Å². The lowest BCUT2D eigenvalue weighted by Crippen LogP contribution is -2.34. The molecule has 0 radical (unpaired) electrons. The third kappa shape index (κ3) is 3.04. The monoisotopic (exact) mass is 328 g/mol. The fourth-order valence-corrected chi connectivity index (χ4v) is 3.42. The lowest BCUT2D eigenvalue weighted by Gasteiger charge is -2.24. The van der Waals surface area contributed by atoms with Crippen LogP contribution in [0.15, 0.2) is 30.4 Å². The highest BCUT2D eigenvalue weighted by atomic mass is 16.4. The molecule has 1 aliphatic carbocycles. The summed E-state index contributed by atoms with van der Waals surface area (Å²) < 4.78 is 0. The van der Waals surface area contributed by atoms with Gasteiger partial charge in [-0.3, -0.25) is 14.4 Å². The molecule has 2 atom stereocenters. The minimum atomic E-state index is -0.939. The Morgan fingerprint density at radius 3 is 2.54 bits per heavy atom. The van der Waals surface area contributed by atoms with Crippen molar-refractivity contribution in [3.05, 3.63) is 35.9 Å². The van der Waals surface area contributed by atoms with Crippen molar-refractivity contribution in [2.24, 2.45) is 11.8 Å². The van der Waals surface area contributed by atoms with E-state index in [0.717, 1.165) is 17.7 Å². The van der Waals surface area contributed by atoms with Crippen molar-refractivity contribution in [2.45, 2.75) is 26.2 Å². The largest absolute Gasteiger partial charge is 0.481 e. The molecule has 2 aliphatic rings. The van der Waals surface area contributed by atoms with Gasteiger partial charge in [-0.25, -0.2) is 0 Å². The van der Waals surface area contributed by atoms with E-state index < -0.39 is 17.8 Å². The summed E-state index contributed by atoms with van der Waals surface area (Å²) in [5.41, 5.74) is 2.54. The standard InChI is InChI=1S/C18H20N2O4/c1-11(21)20-9-8-12-10-13(6-7-16(12)20)19-17(22)14-4-2-3-5-15(14)18(23)24/h2-3,6-7,10,14-15H,4-5,8-9H2,1H3,(H,19,22)(H,23,24)/t14-,15-/m0/s1. The maximum atomic E-state index is 12.5. The molecule has 0 saturated heterocycles. The number of nitrogens with one attached hydrogen (secondary N) is 1. The van der Waals surface area contributed by atoms with E-state index in [9.17, 15) is 19.5 Å². The number of fused-ring (bicyclic) bond motifs is 1. The molecule has 2 N–H and O–H groups in total. The van der Waals surface area contributed by atoms with Crippen molar-refractivity contribution < 1.29 is 19.5 Å². The van der Waals surface area contributed by atoms with Crippen LogP contribution in [0.3, 0.4) is 0 Å². The number of aliphatic carboxylic acids is 1. The number of anilines is 2. The molecule has 1 aromatic carbocycles. The molecular weight excluding hydrogens is 308 g/mol. The molecule has 1 aliphatic heterocycles. The molecule has 6 heteroatoms. The SMILES string of the molecule is CC(=O)N1CCc2cc(NC(=O)[C@H]3CC=CC[C@@H]3C(=O)O)ccc21. The number of carboxylic acid groups (broad SMARTS) is 1. The Hall–Kier alpha value is -2.63. The second-order valence-electron chi connectivity index (χ2n) is 6.25. The molecule has 6 nitrogen and oxygen atoms in total. The molecule has 0 unspecified atom stereocenters. The van der Waals surface area contributed by atoms with E-state index in [0.29, 0.717) is 25.1 Å². The van der Waals surface area contributed by atoms with E-state index in [2.05, 4.69) is 5.32 Å². The van der Waals surface area contributed by atoms with E-state index in [-0.39, 0.29) is 11.8 Å². The van der Waals surface area contributed by atoms with Crippen LogP contribution in [0, 0.1) is 11.8 Å². The van der Waals surface area contributed by atoms with Gasteiger partial charge in [-0.1, -0.05) is 12.2 Å². The number of hydrogen-bond acceptors (Lipinski definition) is 3. The number of nitrogens with zero attached hydrogens (tertiary/aromatic N) is 1. The van der Waals surface area contributed by atoms with Crippen molar-refractivity contribution in [1.82, 2.24) is 0 Å². The number of amides is 2. The van der Waals surface area contributed by atoms with Gasteiger partial charge < -0.3 is 15.3 Å². The van der Waals surface area contributed by atoms with Crippen LogP contribution in [0.2, 0.25) is 0 Å². The molecule has 1 aromatic rings. The second-order valence-corrected chi connectivity index (χ2v) is 6.25. The van der Waals surface area contributed by atoms with Gasteiger partial charge in [0.15, 0.2) is 0 Å². The average Bonchev–Trinajstić information content (AvgIpc) is 2.98. The molecule has 24 heavy (non-hydrogen) atoms. The highest BCUT2D eigenvalue weighted by Crippen LogP contribution is 2.32. The first-order chi connectivity index (χ1) is 11.5. The van der Waals surface area contributed by atoms with E-state index >= 15 is 0 Å². The summed E-state index contributed by atoms with van der Waals surface area (Å²) in [6.45, 7) is 2.18. The molecule has 3 rings (SSSR count). The first kappa shape index (κ1) is 16.2. The predicted molar refractivity (Wildman–Crippen MR) is 89.8 cm³/mol. The second kappa shape index (κ2) is 6.47. The van der Waals surface area contributed by atoms with E-state index in [1.807, 2.05) is 24.3 Å². The van der Waals surface area contributed by atoms with Crippen LogP contribution < -0.4 is 10.2 Å². The number of rotatable bonds is 3. The molecular formula is C18H20N2O4. The number of hydrogen-bond donors (Lipinski definition) is 2. The van der Waals surface area contributed by atoms with Crippen LogP contribution in [0.5, 0.6) is 0 Å². The van der Waals surface area contributed by atoms with Crippen molar-refractivity contribution >= 4 is 29.2 Å². The summed E-state index contributed by atoms with van der Waals surface area (Å²) in [4.78, 5) is 37.1. The van der Waals surface area contributed by atoms with Crippen molar-refractivity contribution in [2.75, 3.05) is 16.8 Å². The summed E-state index contributed by atoms with van der Waals surface area (Å²) in [5, 5.41) is 12.1. The lowest BCUT2D eigenvalue weighted by atomic mass is 9.82. The normalized spacial score (nSPS) is 22.1. The number of carbonyl (C=O) groups is 3. The maximum Gasteiger partial charge on any atom is 0.307 e. The third-order valence-electron chi connectivity index (χ3n) is 4.71. The summed E-state index contributed by atoms with van der Waals surface area (Å²) >= 11 is 0. The van der Waals surface area contributed by atoms with Gasteiger partial charge in [0.25, 0.3) is 0 Å². The summed E-state index contributed by atoms with van der Waals surface area (Å²) in [5.74, 6) is -2.45. The van der Waals surface area contributed by atoms with E-state index in [1.165, 1.54) is 6.92 Å². The molecule has 0 bridgehead atoms. The summed E-state index contributed by atoms with van der Waals surface area (Å²) in [6, 6.07) is 5.45. The number of carbonyl (C=O) groups excluding carboxylic acids is 2. The van der Waals surface area contributed by atoms with Gasteiger partial charge in [0.2, 0.25) is 11.8 Å². The maximum absolute atomic E-state index is 12.5. The van der Waals surface area contributed by atoms with Crippen LogP contribution in [0.4, 0.5) is 11.4 Å². The fraction of sp³-hybridized carbons (Fsp3) is 0.389. The molecule has 0 spiro atoms. The highest BCUT2D eigenvalue weighted by Gasteiger charge is 2.34. The Labute approximate surface area is 140 Å². The molecule has 0 aromatic heterocycles. The Morgan fingerprint density at radius 1 is 1.17 bits per heavy atom. The molecule has 2 amide bonds. The van der Waals surface area contributed by atoms with Crippen LogP contribution >= 0.6 is 0 Å². The zero-order valence-corrected chi connectivity index (χ0v) is 13.5. The zero-order valence-electron chi connectivity index (χ0n) is 13.5. The minimum Gasteiger partial charge on any atom is -0.481 e. The Balaban J connectivity index is 1.75. The van der Waals surface area contributed by atoms with Gasteiger partial charge in [-0.2, -0.15) is 0 Å². The van der Waals surface area contributed by atoms with Crippen LogP contribution in [-0.2, 0) is 20.8 Å². The predicted octanol–water partition coefficient (Wildman–Crippen LogP) is 2.20. The smallest absolute Gasteiger partial charge is 0.307 e. The number of benzene rings is 1. The van der Waals surface area contributed by atoms with Gasteiger partial charge >= 0.3 is 5.97 Å².